The third-order valence-corrected chi connectivity index (χ3v) is 5.52. The minimum Gasteiger partial charge on any atom is -0.372 e. The lowest BCUT2D eigenvalue weighted by atomic mass is 9.89. The number of rotatable bonds is 4. The van der Waals surface area contributed by atoms with Gasteiger partial charge in [-0.05, 0) is 12.8 Å². The van der Waals surface area contributed by atoms with Crippen molar-refractivity contribution in [2.75, 3.05) is 46.7 Å². The van der Waals surface area contributed by atoms with Gasteiger partial charge in [-0.25, -0.2) is 12.7 Å². The zero-order chi connectivity index (χ0) is 15.7. The third kappa shape index (κ3) is 4.15. The van der Waals surface area contributed by atoms with Crippen molar-refractivity contribution in [3.8, 4) is 0 Å². The summed E-state index contributed by atoms with van der Waals surface area (Å²) in [4.78, 5) is 13.0. The summed E-state index contributed by atoms with van der Waals surface area (Å²) in [6.45, 7) is 1.51. The second kappa shape index (κ2) is 6.20. The molecule has 2 aliphatic rings. The van der Waals surface area contributed by atoms with E-state index in [0.29, 0.717) is 32.5 Å². The molecule has 0 aromatic rings. The number of ether oxygens (including phenoxy) is 2. The van der Waals surface area contributed by atoms with E-state index in [4.69, 9.17) is 9.47 Å². The number of piperidine rings is 1. The van der Waals surface area contributed by atoms with E-state index >= 15 is 0 Å². The van der Waals surface area contributed by atoms with Crippen LogP contribution in [0.4, 0.5) is 0 Å². The van der Waals surface area contributed by atoms with E-state index in [-0.39, 0.29) is 24.2 Å². The maximum Gasteiger partial charge on any atom is 0.248 e. The van der Waals surface area contributed by atoms with Gasteiger partial charge in [0.1, 0.15) is 6.61 Å². The van der Waals surface area contributed by atoms with Crippen LogP contribution in [0, 0.1) is 0 Å². The van der Waals surface area contributed by atoms with E-state index < -0.39 is 10.0 Å². The van der Waals surface area contributed by atoms with Gasteiger partial charge >= 0.3 is 0 Å². The van der Waals surface area contributed by atoms with Gasteiger partial charge in [0.2, 0.25) is 15.9 Å². The molecule has 122 valence electrons. The zero-order valence-electron chi connectivity index (χ0n) is 12.9. The molecule has 1 spiro atoms. The van der Waals surface area contributed by atoms with Crippen molar-refractivity contribution >= 4 is 15.9 Å². The monoisotopic (exact) mass is 320 g/mol. The number of carbonyl (C=O) groups is 1. The standard InChI is InChI=1S/C13H24N2O5S/c1-14(2)12(16)10-19-11-8-13(20-9-11)4-6-15(7-5-13)21(3,17)18/h11H,4-10H2,1-3H3/t11-/m1/s1. The third-order valence-electron chi connectivity index (χ3n) is 4.22. The zero-order valence-corrected chi connectivity index (χ0v) is 13.7. The van der Waals surface area contributed by atoms with Crippen LogP contribution in [0.15, 0.2) is 0 Å². The second-order valence-electron chi connectivity index (χ2n) is 6.08. The first kappa shape index (κ1) is 16.7. The van der Waals surface area contributed by atoms with Gasteiger partial charge in [0, 0.05) is 33.6 Å². The molecule has 2 fully saturated rings. The first-order valence-corrected chi connectivity index (χ1v) is 8.97. The number of nitrogens with zero attached hydrogens (tertiary/aromatic N) is 2. The van der Waals surface area contributed by atoms with Crippen LogP contribution in [0.1, 0.15) is 19.3 Å². The summed E-state index contributed by atoms with van der Waals surface area (Å²) in [5.41, 5.74) is -0.285. The summed E-state index contributed by atoms with van der Waals surface area (Å²) >= 11 is 0. The van der Waals surface area contributed by atoms with E-state index in [1.165, 1.54) is 15.5 Å². The number of carbonyl (C=O) groups excluding carboxylic acids is 1. The van der Waals surface area contributed by atoms with Crippen molar-refractivity contribution in [3.05, 3.63) is 0 Å². The van der Waals surface area contributed by atoms with Crippen molar-refractivity contribution in [1.29, 1.82) is 0 Å². The first-order chi connectivity index (χ1) is 9.72. The Kier molecular flexibility index (Phi) is 4.92. The fourth-order valence-corrected chi connectivity index (χ4v) is 3.65. The van der Waals surface area contributed by atoms with E-state index in [9.17, 15) is 13.2 Å². The van der Waals surface area contributed by atoms with Gasteiger partial charge in [-0.2, -0.15) is 0 Å². The molecule has 2 heterocycles. The maximum absolute atomic E-state index is 11.5. The summed E-state index contributed by atoms with van der Waals surface area (Å²) in [7, 11) is 0.267. The summed E-state index contributed by atoms with van der Waals surface area (Å²) in [6, 6.07) is 0. The molecule has 1 amide bonds. The summed E-state index contributed by atoms with van der Waals surface area (Å²) < 4.78 is 36.0. The number of hydrogen-bond donors (Lipinski definition) is 0. The SMILES string of the molecule is CN(C)C(=O)CO[C@H]1COC2(CCN(S(C)(=O)=O)CC2)C1. The predicted molar refractivity (Wildman–Crippen MR) is 77.4 cm³/mol. The number of likely N-dealkylation sites (N-methyl/N-ethyl adjacent to an activating group) is 1. The van der Waals surface area contributed by atoms with E-state index in [1.54, 1.807) is 14.1 Å². The second-order valence-corrected chi connectivity index (χ2v) is 8.06. The Bertz CT molecular complexity index is 483. The van der Waals surface area contributed by atoms with Gasteiger partial charge < -0.3 is 14.4 Å². The summed E-state index contributed by atoms with van der Waals surface area (Å²) in [6.07, 6.45) is 3.24. The summed E-state index contributed by atoms with van der Waals surface area (Å²) in [5.74, 6) is -0.0668. The van der Waals surface area contributed by atoms with E-state index in [1.807, 2.05) is 0 Å². The van der Waals surface area contributed by atoms with Crippen LogP contribution in [-0.4, -0.2) is 81.9 Å². The molecular formula is C13H24N2O5S. The molecule has 0 aliphatic carbocycles. The Morgan fingerprint density at radius 2 is 2.00 bits per heavy atom. The van der Waals surface area contributed by atoms with Crippen molar-refractivity contribution in [2.24, 2.45) is 0 Å². The fraction of sp³-hybridized carbons (Fsp3) is 0.923. The Hall–Kier alpha value is -0.700. The topological polar surface area (TPSA) is 76.2 Å². The number of amides is 1. The minimum atomic E-state index is -3.12. The van der Waals surface area contributed by atoms with Crippen LogP contribution >= 0.6 is 0 Å². The minimum absolute atomic E-state index is 0.0621. The number of sulfonamides is 1. The van der Waals surface area contributed by atoms with Crippen molar-refractivity contribution in [3.63, 3.8) is 0 Å². The normalized spacial score (nSPS) is 26.1. The summed E-state index contributed by atoms with van der Waals surface area (Å²) in [5, 5.41) is 0. The molecule has 21 heavy (non-hydrogen) atoms. The van der Waals surface area contributed by atoms with Gasteiger partial charge in [-0.15, -0.1) is 0 Å². The number of hydrogen-bond acceptors (Lipinski definition) is 5. The molecule has 1 atom stereocenters. The molecule has 0 bridgehead atoms. The lowest BCUT2D eigenvalue weighted by molar-refractivity contribution is -0.135. The molecule has 2 rings (SSSR count). The van der Waals surface area contributed by atoms with Crippen molar-refractivity contribution in [1.82, 2.24) is 9.21 Å². The molecule has 0 N–H and O–H groups in total. The highest BCUT2D eigenvalue weighted by Gasteiger charge is 2.44. The van der Waals surface area contributed by atoms with Crippen molar-refractivity contribution in [2.45, 2.75) is 31.0 Å². The van der Waals surface area contributed by atoms with Gasteiger partial charge in [-0.1, -0.05) is 0 Å². The molecule has 7 nitrogen and oxygen atoms in total. The van der Waals surface area contributed by atoms with Gasteiger partial charge in [-0.3, -0.25) is 4.79 Å². The molecule has 0 radical (unpaired) electrons. The van der Waals surface area contributed by atoms with Crippen LogP contribution in [0.2, 0.25) is 0 Å². The van der Waals surface area contributed by atoms with Crippen molar-refractivity contribution < 1.29 is 22.7 Å². The lowest BCUT2D eigenvalue weighted by Crippen LogP contribution is -2.46. The Morgan fingerprint density at radius 3 is 2.52 bits per heavy atom. The molecular weight excluding hydrogens is 296 g/mol. The van der Waals surface area contributed by atoms with Gasteiger partial charge in [0.15, 0.2) is 0 Å². The molecule has 2 aliphatic heterocycles. The fourth-order valence-electron chi connectivity index (χ4n) is 2.80. The van der Waals surface area contributed by atoms with Crippen LogP contribution in [0.3, 0.4) is 0 Å². The van der Waals surface area contributed by atoms with Crippen LogP contribution in [-0.2, 0) is 24.3 Å². The first-order valence-electron chi connectivity index (χ1n) is 7.13. The molecule has 0 aromatic heterocycles. The van der Waals surface area contributed by atoms with Crippen LogP contribution in [0.25, 0.3) is 0 Å². The Balaban J connectivity index is 1.82. The lowest BCUT2D eigenvalue weighted by Gasteiger charge is -2.37. The van der Waals surface area contributed by atoms with Crippen LogP contribution in [0.5, 0.6) is 0 Å². The van der Waals surface area contributed by atoms with Gasteiger partial charge in [0.05, 0.1) is 24.6 Å². The average Bonchev–Trinajstić information content (AvgIpc) is 2.78. The quantitative estimate of drug-likeness (QED) is 0.709. The van der Waals surface area contributed by atoms with E-state index in [2.05, 4.69) is 0 Å². The van der Waals surface area contributed by atoms with Gasteiger partial charge in [0.25, 0.3) is 0 Å². The maximum atomic E-state index is 11.5. The largest absolute Gasteiger partial charge is 0.372 e. The van der Waals surface area contributed by atoms with Crippen LogP contribution < -0.4 is 0 Å². The highest BCUT2D eigenvalue weighted by molar-refractivity contribution is 7.88. The molecule has 0 unspecified atom stereocenters. The molecule has 2 saturated heterocycles. The average molecular weight is 320 g/mol. The highest BCUT2D eigenvalue weighted by atomic mass is 32.2. The molecule has 8 heteroatoms. The molecule has 0 saturated carbocycles. The predicted octanol–water partition coefficient (Wildman–Crippen LogP) is -0.326. The van der Waals surface area contributed by atoms with E-state index in [0.717, 1.165) is 6.42 Å². The Labute approximate surface area is 126 Å². The Morgan fingerprint density at radius 1 is 1.38 bits per heavy atom. The highest BCUT2D eigenvalue weighted by Crippen LogP contribution is 2.37. The smallest absolute Gasteiger partial charge is 0.248 e. The molecule has 0 aromatic carbocycles.